The zero-order chi connectivity index (χ0) is 16.1. The van der Waals surface area contributed by atoms with Crippen LogP contribution in [0.4, 0.5) is 4.39 Å². The number of aliphatic hydroxyl groups excluding tert-OH is 1. The van der Waals surface area contributed by atoms with E-state index in [-0.39, 0.29) is 0 Å². The van der Waals surface area contributed by atoms with Gasteiger partial charge in [-0.25, -0.2) is 4.39 Å². The van der Waals surface area contributed by atoms with E-state index >= 15 is 0 Å². The summed E-state index contributed by atoms with van der Waals surface area (Å²) in [7, 11) is 0. The fourth-order valence-electron chi connectivity index (χ4n) is 2.43. The zero-order valence-electron chi connectivity index (χ0n) is 12.7. The molecule has 1 atom stereocenters. The van der Waals surface area contributed by atoms with Gasteiger partial charge in [-0.1, -0.05) is 43.0 Å². The normalized spacial score (nSPS) is 19.2. The van der Waals surface area contributed by atoms with Gasteiger partial charge in [-0.2, -0.15) is 0 Å². The number of benzene rings is 1. The Hall–Kier alpha value is -2.39. The van der Waals surface area contributed by atoms with Crippen molar-refractivity contribution in [2.75, 3.05) is 0 Å². The van der Waals surface area contributed by atoms with Crippen molar-refractivity contribution in [3.63, 3.8) is 0 Å². The van der Waals surface area contributed by atoms with E-state index in [4.69, 9.17) is 4.74 Å². The van der Waals surface area contributed by atoms with Gasteiger partial charge in [0.15, 0.2) is 0 Å². The molecule has 1 aliphatic heterocycles. The fraction of sp³-hybridized carbons (Fsp3) is 0.158. The monoisotopic (exact) mass is 298 g/mol. The van der Waals surface area contributed by atoms with Crippen LogP contribution in [0.3, 0.4) is 0 Å². The van der Waals surface area contributed by atoms with Crippen molar-refractivity contribution in [2.24, 2.45) is 0 Å². The smallest absolute Gasteiger partial charge is 0.132 e. The van der Waals surface area contributed by atoms with Crippen LogP contribution in [0, 0.1) is 5.82 Å². The molecule has 0 bridgehead atoms. The van der Waals surface area contributed by atoms with Gasteiger partial charge in [0.1, 0.15) is 17.7 Å². The molecule has 1 aromatic rings. The maximum absolute atomic E-state index is 14.0. The second kappa shape index (κ2) is 7.05. The molecule has 3 heteroatoms. The zero-order valence-corrected chi connectivity index (χ0v) is 12.7. The number of allylic oxidation sites excluding steroid dienone is 4. The van der Waals surface area contributed by atoms with Gasteiger partial charge in [0.25, 0.3) is 0 Å². The number of halogens is 1. The van der Waals surface area contributed by atoms with Gasteiger partial charge < -0.3 is 9.84 Å². The summed E-state index contributed by atoms with van der Waals surface area (Å²) in [6.07, 6.45) is 7.55. The van der Waals surface area contributed by atoms with Crippen molar-refractivity contribution in [2.45, 2.75) is 20.0 Å². The summed E-state index contributed by atoms with van der Waals surface area (Å²) in [6.45, 7) is 7.47. The lowest BCUT2D eigenvalue weighted by molar-refractivity contribution is 0.240. The topological polar surface area (TPSA) is 29.5 Å². The van der Waals surface area contributed by atoms with Crippen molar-refractivity contribution in [3.8, 4) is 0 Å². The van der Waals surface area contributed by atoms with Gasteiger partial charge in [0, 0.05) is 16.7 Å². The van der Waals surface area contributed by atoms with E-state index in [0.717, 1.165) is 5.57 Å². The highest BCUT2D eigenvalue weighted by atomic mass is 19.1. The van der Waals surface area contributed by atoms with Crippen LogP contribution in [0.15, 0.2) is 78.3 Å². The standard InChI is InChI=1S/C19H19FO2/c1-4-9-13(5-2)18-17(6-3)22-12-15(19(18)21)14-10-7-8-11-16(14)20/h4-12,19,21H,3H2,1-2H3/b9-4-,13-5+. The van der Waals surface area contributed by atoms with E-state index in [1.807, 2.05) is 32.1 Å². The molecule has 1 aliphatic rings. The molecule has 0 aromatic heterocycles. The number of rotatable bonds is 4. The van der Waals surface area contributed by atoms with Crippen molar-refractivity contribution in [1.82, 2.24) is 0 Å². The lowest BCUT2D eigenvalue weighted by Gasteiger charge is -2.26. The molecule has 1 N–H and O–H groups in total. The SMILES string of the molecule is C=CC1=C(C(/C=C\C)=C/C)C(O)C(c2ccccc2F)=CO1. The first kappa shape index (κ1) is 16.0. The number of hydrogen-bond acceptors (Lipinski definition) is 2. The van der Waals surface area contributed by atoms with Gasteiger partial charge >= 0.3 is 0 Å². The van der Waals surface area contributed by atoms with Gasteiger partial charge in [-0.05, 0) is 31.6 Å². The van der Waals surface area contributed by atoms with E-state index in [1.54, 1.807) is 24.3 Å². The van der Waals surface area contributed by atoms with Crippen LogP contribution >= 0.6 is 0 Å². The minimum atomic E-state index is -0.985. The molecule has 2 rings (SSSR count). The van der Waals surface area contributed by atoms with Gasteiger partial charge in [0.05, 0.1) is 6.26 Å². The van der Waals surface area contributed by atoms with Crippen LogP contribution in [-0.4, -0.2) is 11.2 Å². The second-order valence-corrected chi connectivity index (χ2v) is 4.80. The van der Waals surface area contributed by atoms with Crippen molar-refractivity contribution >= 4 is 5.57 Å². The summed E-state index contributed by atoms with van der Waals surface area (Å²) >= 11 is 0. The quantitative estimate of drug-likeness (QED) is 0.828. The molecule has 1 unspecified atom stereocenters. The minimum absolute atomic E-state index is 0.326. The first-order chi connectivity index (χ1) is 10.6. The summed E-state index contributed by atoms with van der Waals surface area (Å²) < 4.78 is 19.6. The Bertz CT molecular complexity index is 693. The molecule has 0 saturated carbocycles. The van der Waals surface area contributed by atoms with E-state index in [9.17, 15) is 9.50 Å². The van der Waals surface area contributed by atoms with E-state index in [1.165, 1.54) is 12.3 Å². The Balaban J connectivity index is 2.52. The Labute approximate surface area is 130 Å². The third kappa shape index (κ3) is 2.95. The summed E-state index contributed by atoms with van der Waals surface area (Å²) in [4.78, 5) is 0. The highest BCUT2D eigenvalue weighted by molar-refractivity contribution is 5.75. The number of hydrogen-bond donors (Lipinski definition) is 1. The molecule has 0 fully saturated rings. The lowest BCUT2D eigenvalue weighted by Crippen LogP contribution is -2.20. The minimum Gasteiger partial charge on any atom is -0.464 e. The molecule has 0 saturated heterocycles. The lowest BCUT2D eigenvalue weighted by atomic mass is 9.88. The average molecular weight is 298 g/mol. The number of ether oxygens (including phenoxy) is 1. The summed E-state index contributed by atoms with van der Waals surface area (Å²) in [5, 5.41) is 10.7. The third-order valence-electron chi connectivity index (χ3n) is 3.48. The Morgan fingerprint density at radius 1 is 1.32 bits per heavy atom. The van der Waals surface area contributed by atoms with Crippen LogP contribution in [0.25, 0.3) is 5.57 Å². The fourth-order valence-corrected chi connectivity index (χ4v) is 2.43. The van der Waals surface area contributed by atoms with Crippen molar-refractivity contribution in [1.29, 1.82) is 0 Å². The van der Waals surface area contributed by atoms with Gasteiger partial charge in [-0.3, -0.25) is 0 Å². The highest BCUT2D eigenvalue weighted by Gasteiger charge is 2.28. The van der Waals surface area contributed by atoms with Crippen LogP contribution in [0.1, 0.15) is 19.4 Å². The van der Waals surface area contributed by atoms with E-state index in [0.29, 0.717) is 22.5 Å². The van der Waals surface area contributed by atoms with E-state index < -0.39 is 11.9 Å². The molecule has 0 amide bonds. The van der Waals surface area contributed by atoms with Crippen LogP contribution in [0.2, 0.25) is 0 Å². The predicted octanol–water partition coefficient (Wildman–Crippen LogP) is 4.52. The molecule has 1 heterocycles. The Morgan fingerprint density at radius 3 is 2.64 bits per heavy atom. The largest absolute Gasteiger partial charge is 0.464 e. The summed E-state index contributed by atoms with van der Waals surface area (Å²) in [5.74, 6) is 0.0738. The molecule has 2 nitrogen and oxygen atoms in total. The molecule has 0 spiro atoms. The summed E-state index contributed by atoms with van der Waals surface area (Å²) in [6, 6.07) is 6.31. The first-order valence-corrected chi connectivity index (χ1v) is 7.09. The molecule has 22 heavy (non-hydrogen) atoms. The molecule has 1 aromatic carbocycles. The van der Waals surface area contributed by atoms with Crippen LogP contribution < -0.4 is 0 Å². The number of aliphatic hydroxyl groups is 1. The molecule has 114 valence electrons. The molecular formula is C19H19FO2. The van der Waals surface area contributed by atoms with Crippen molar-refractivity contribution < 1.29 is 14.2 Å². The Morgan fingerprint density at radius 2 is 2.05 bits per heavy atom. The first-order valence-electron chi connectivity index (χ1n) is 7.09. The second-order valence-electron chi connectivity index (χ2n) is 4.80. The average Bonchev–Trinajstić information content (AvgIpc) is 2.53. The molecular weight excluding hydrogens is 279 g/mol. The maximum Gasteiger partial charge on any atom is 0.132 e. The van der Waals surface area contributed by atoms with Gasteiger partial charge in [-0.15, -0.1) is 0 Å². The van der Waals surface area contributed by atoms with Gasteiger partial charge in [0.2, 0.25) is 0 Å². The molecule has 0 aliphatic carbocycles. The van der Waals surface area contributed by atoms with Crippen molar-refractivity contribution in [3.05, 3.63) is 89.7 Å². The third-order valence-corrected chi connectivity index (χ3v) is 3.48. The summed E-state index contributed by atoms with van der Waals surface area (Å²) in [5.41, 5.74) is 2.11. The predicted molar refractivity (Wildman–Crippen MR) is 87.3 cm³/mol. The highest BCUT2D eigenvalue weighted by Crippen LogP contribution is 2.35. The maximum atomic E-state index is 14.0. The Kier molecular flexibility index (Phi) is 5.12. The van der Waals surface area contributed by atoms with Crippen LogP contribution in [0.5, 0.6) is 0 Å². The molecule has 0 radical (unpaired) electrons. The van der Waals surface area contributed by atoms with E-state index in [2.05, 4.69) is 6.58 Å². The van der Waals surface area contributed by atoms with Crippen LogP contribution in [-0.2, 0) is 4.74 Å².